The Bertz CT molecular complexity index is 843. The standard InChI is InChI=1S/C14H14N6O2S2/c1-8-11(19-22-18-8)9-4-2-6-20(9)14(21)15-13-17-16-12(24-13)10-5-3-7-23-10/h3,5,7,9H,2,4,6H2,1H3,(H,15,17,21)/t9-/m1/s1. The van der Waals surface area contributed by atoms with E-state index in [0.717, 1.165) is 34.1 Å². The average molecular weight is 362 g/mol. The zero-order valence-corrected chi connectivity index (χ0v) is 14.4. The van der Waals surface area contributed by atoms with E-state index in [1.807, 2.05) is 24.4 Å². The third kappa shape index (κ3) is 2.78. The van der Waals surface area contributed by atoms with Gasteiger partial charge in [0, 0.05) is 6.54 Å². The summed E-state index contributed by atoms with van der Waals surface area (Å²) in [6.07, 6.45) is 1.76. The fraction of sp³-hybridized carbons (Fsp3) is 0.357. The molecule has 1 aliphatic rings. The Hall–Kier alpha value is -2.33. The second-order valence-corrected chi connectivity index (χ2v) is 7.33. The number of rotatable bonds is 3. The Balaban J connectivity index is 1.49. The summed E-state index contributed by atoms with van der Waals surface area (Å²) < 4.78 is 4.77. The van der Waals surface area contributed by atoms with E-state index in [-0.39, 0.29) is 12.1 Å². The van der Waals surface area contributed by atoms with Crippen molar-refractivity contribution in [2.24, 2.45) is 0 Å². The van der Waals surface area contributed by atoms with Crippen LogP contribution in [0.1, 0.15) is 30.3 Å². The maximum absolute atomic E-state index is 12.6. The highest BCUT2D eigenvalue weighted by molar-refractivity contribution is 7.23. The summed E-state index contributed by atoms with van der Waals surface area (Å²) in [4.78, 5) is 15.4. The molecule has 24 heavy (non-hydrogen) atoms. The van der Waals surface area contributed by atoms with Crippen molar-refractivity contribution >= 4 is 33.8 Å². The summed E-state index contributed by atoms with van der Waals surface area (Å²) in [5.41, 5.74) is 1.44. The van der Waals surface area contributed by atoms with Crippen molar-refractivity contribution in [1.29, 1.82) is 0 Å². The lowest BCUT2D eigenvalue weighted by atomic mass is 10.1. The van der Waals surface area contributed by atoms with Gasteiger partial charge in [0.2, 0.25) is 5.13 Å². The van der Waals surface area contributed by atoms with Crippen molar-refractivity contribution in [2.75, 3.05) is 11.9 Å². The quantitative estimate of drug-likeness (QED) is 0.767. The van der Waals surface area contributed by atoms with Crippen molar-refractivity contribution in [3.8, 4) is 9.88 Å². The first-order valence-corrected chi connectivity index (χ1v) is 9.16. The fourth-order valence-corrected chi connectivity index (χ4v) is 4.30. The Morgan fingerprint density at radius 3 is 3.08 bits per heavy atom. The highest BCUT2D eigenvalue weighted by Crippen LogP contribution is 2.34. The average Bonchev–Trinajstić information content (AvgIpc) is 3.34. The number of hydrogen-bond acceptors (Lipinski definition) is 8. The Kier molecular flexibility index (Phi) is 3.98. The number of hydrogen-bond donors (Lipinski definition) is 1. The number of aromatic nitrogens is 4. The Morgan fingerprint density at radius 2 is 2.33 bits per heavy atom. The second-order valence-electron chi connectivity index (χ2n) is 5.41. The predicted octanol–water partition coefficient (Wildman–Crippen LogP) is 3.33. The SMILES string of the molecule is Cc1nonc1[C@H]1CCCN1C(=O)Nc1nnc(-c2cccs2)s1. The van der Waals surface area contributed by atoms with Gasteiger partial charge >= 0.3 is 6.03 Å². The summed E-state index contributed by atoms with van der Waals surface area (Å²) >= 11 is 2.96. The molecular formula is C14H14N6O2S2. The van der Waals surface area contributed by atoms with Crippen molar-refractivity contribution < 1.29 is 9.42 Å². The molecule has 2 amide bonds. The molecule has 0 saturated carbocycles. The van der Waals surface area contributed by atoms with Gasteiger partial charge in [0.1, 0.15) is 11.4 Å². The highest BCUT2D eigenvalue weighted by atomic mass is 32.1. The molecular weight excluding hydrogens is 348 g/mol. The molecule has 1 N–H and O–H groups in total. The molecule has 3 aromatic heterocycles. The largest absolute Gasteiger partial charge is 0.324 e. The summed E-state index contributed by atoms with van der Waals surface area (Å²) in [7, 11) is 0. The number of carbonyl (C=O) groups is 1. The molecule has 1 aliphatic heterocycles. The van der Waals surface area contributed by atoms with Crippen LogP contribution in [-0.2, 0) is 0 Å². The highest BCUT2D eigenvalue weighted by Gasteiger charge is 2.34. The smallest absolute Gasteiger partial charge is 0.316 e. The molecule has 4 heterocycles. The van der Waals surface area contributed by atoms with Crippen LogP contribution >= 0.6 is 22.7 Å². The molecule has 1 saturated heterocycles. The fourth-order valence-electron chi connectivity index (χ4n) is 2.77. The van der Waals surface area contributed by atoms with Gasteiger partial charge in [-0.05, 0) is 31.2 Å². The van der Waals surface area contributed by atoms with Crippen molar-refractivity contribution in [3.63, 3.8) is 0 Å². The zero-order chi connectivity index (χ0) is 16.5. The Morgan fingerprint density at radius 1 is 1.42 bits per heavy atom. The minimum absolute atomic E-state index is 0.110. The van der Waals surface area contributed by atoms with Crippen LogP contribution in [0.15, 0.2) is 22.1 Å². The number of carbonyl (C=O) groups excluding carboxylic acids is 1. The van der Waals surface area contributed by atoms with Crippen molar-refractivity contribution in [2.45, 2.75) is 25.8 Å². The van der Waals surface area contributed by atoms with Crippen LogP contribution in [0.2, 0.25) is 0 Å². The maximum atomic E-state index is 12.6. The maximum Gasteiger partial charge on any atom is 0.324 e. The minimum Gasteiger partial charge on any atom is -0.316 e. The number of urea groups is 1. The van der Waals surface area contributed by atoms with E-state index < -0.39 is 0 Å². The van der Waals surface area contributed by atoms with E-state index in [1.54, 1.807) is 16.2 Å². The summed E-state index contributed by atoms with van der Waals surface area (Å²) in [6.45, 7) is 2.50. The summed E-state index contributed by atoms with van der Waals surface area (Å²) in [6, 6.07) is 3.63. The lowest BCUT2D eigenvalue weighted by Crippen LogP contribution is -2.34. The second kappa shape index (κ2) is 6.29. The lowest BCUT2D eigenvalue weighted by Gasteiger charge is -2.22. The molecule has 0 bridgehead atoms. The predicted molar refractivity (Wildman–Crippen MR) is 90.0 cm³/mol. The van der Waals surface area contributed by atoms with E-state index in [2.05, 4.69) is 25.8 Å². The molecule has 0 spiro atoms. The monoisotopic (exact) mass is 362 g/mol. The van der Waals surface area contributed by atoms with Crippen molar-refractivity contribution in [3.05, 3.63) is 28.9 Å². The normalized spacial score (nSPS) is 17.4. The number of amides is 2. The molecule has 3 aromatic rings. The summed E-state index contributed by atoms with van der Waals surface area (Å²) in [5, 5.41) is 22.0. The first-order chi connectivity index (χ1) is 11.7. The van der Waals surface area contributed by atoms with Crippen LogP contribution in [0.4, 0.5) is 9.93 Å². The number of thiophene rings is 1. The molecule has 10 heteroatoms. The van der Waals surface area contributed by atoms with Gasteiger partial charge in [0.15, 0.2) is 5.01 Å². The molecule has 0 unspecified atom stereocenters. The van der Waals surface area contributed by atoms with E-state index >= 15 is 0 Å². The van der Waals surface area contributed by atoms with Crippen LogP contribution in [0, 0.1) is 6.92 Å². The molecule has 8 nitrogen and oxygen atoms in total. The first-order valence-electron chi connectivity index (χ1n) is 7.46. The molecule has 124 valence electrons. The van der Waals surface area contributed by atoms with Crippen LogP contribution in [0.3, 0.4) is 0 Å². The molecule has 0 aromatic carbocycles. The van der Waals surface area contributed by atoms with Crippen LogP contribution in [0.5, 0.6) is 0 Å². The topological polar surface area (TPSA) is 97.0 Å². The molecule has 0 radical (unpaired) electrons. The van der Waals surface area contributed by atoms with Gasteiger partial charge in [-0.1, -0.05) is 27.7 Å². The van der Waals surface area contributed by atoms with E-state index in [9.17, 15) is 4.79 Å². The third-order valence-corrected chi connectivity index (χ3v) is 5.77. The Labute approximate surface area is 145 Å². The molecule has 1 fully saturated rings. The molecule has 1 atom stereocenters. The number of nitrogens with zero attached hydrogens (tertiary/aromatic N) is 5. The van der Waals surface area contributed by atoms with Crippen LogP contribution in [0.25, 0.3) is 9.88 Å². The number of anilines is 1. The summed E-state index contributed by atoms with van der Waals surface area (Å²) in [5.74, 6) is 0. The van der Waals surface area contributed by atoms with E-state index in [0.29, 0.717) is 11.7 Å². The van der Waals surface area contributed by atoms with E-state index in [4.69, 9.17) is 4.63 Å². The number of nitrogens with one attached hydrogen (secondary N) is 1. The third-order valence-electron chi connectivity index (χ3n) is 3.89. The van der Waals surface area contributed by atoms with Gasteiger partial charge in [0.25, 0.3) is 0 Å². The molecule has 0 aliphatic carbocycles. The van der Waals surface area contributed by atoms with Gasteiger partial charge in [-0.2, -0.15) is 0 Å². The first kappa shape index (κ1) is 15.2. The van der Waals surface area contributed by atoms with Gasteiger partial charge < -0.3 is 4.90 Å². The molecule has 4 rings (SSSR count). The van der Waals surface area contributed by atoms with E-state index in [1.165, 1.54) is 11.3 Å². The van der Waals surface area contributed by atoms with Crippen LogP contribution in [-0.4, -0.2) is 38.0 Å². The zero-order valence-electron chi connectivity index (χ0n) is 12.8. The van der Waals surface area contributed by atoms with Gasteiger partial charge in [-0.25, -0.2) is 9.42 Å². The van der Waals surface area contributed by atoms with Gasteiger partial charge in [0.05, 0.1) is 10.9 Å². The van der Waals surface area contributed by atoms with Crippen molar-refractivity contribution in [1.82, 2.24) is 25.4 Å². The van der Waals surface area contributed by atoms with Gasteiger partial charge in [-0.15, -0.1) is 21.5 Å². The minimum atomic E-state index is -0.200. The lowest BCUT2D eigenvalue weighted by molar-refractivity contribution is 0.203. The number of aryl methyl sites for hydroxylation is 1. The van der Waals surface area contributed by atoms with Crippen LogP contribution < -0.4 is 5.32 Å². The number of likely N-dealkylation sites (tertiary alicyclic amines) is 1. The van der Waals surface area contributed by atoms with Gasteiger partial charge in [-0.3, -0.25) is 5.32 Å².